The lowest BCUT2D eigenvalue weighted by atomic mass is 9.81. The summed E-state index contributed by atoms with van der Waals surface area (Å²) in [6.07, 6.45) is 3.60. The van der Waals surface area contributed by atoms with E-state index in [1.54, 1.807) is 13.3 Å². The molecule has 6 nitrogen and oxygen atoms in total. The smallest absolute Gasteiger partial charge is 0.308 e. The number of carbonyl (C=O) groups is 1. The van der Waals surface area contributed by atoms with E-state index in [4.69, 9.17) is 10.5 Å². The van der Waals surface area contributed by atoms with E-state index in [9.17, 15) is 23.1 Å². The number of pyridine rings is 1. The number of halogens is 3. The predicted octanol–water partition coefficient (Wildman–Crippen LogP) is 4.52. The number of likely N-dealkylation sites (tertiary alicyclic amines) is 1. The first kappa shape index (κ1) is 26.5. The van der Waals surface area contributed by atoms with Gasteiger partial charge in [-0.1, -0.05) is 11.8 Å². The fourth-order valence-electron chi connectivity index (χ4n) is 4.88. The summed E-state index contributed by atoms with van der Waals surface area (Å²) in [5.41, 5.74) is 7.93. The Bertz CT molecular complexity index is 1350. The van der Waals surface area contributed by atoms with Crippen LogP contribution >= 0.6 is 0 Å². The highest BCUT2D eigenvalue weighted by Crippen LogP contribution is 2.33. The summed E-state index contributed by atoms with van der Waals surface area (Å²) >= 11 is 0. The van der Waals surface area contributed by atoms with Gasteiger partial charge in [0.05, 0.1) is 30.7 Å². The third-order valence-corrected chi connectivity index (χ3v) is 6.91. The van der Waals surface area contributed by atoms with E-state index in [1.165, 1.54) is 0 Å². The molecular formula is C28H28F3N3O3. The predicted molar refractivity (Wildman–Crippen MR) is 133 cm³/mol. The number of aliphatic carboxylic acids is 1. The van der Waals surface area contributed by atoms with Crippen molar-refractivity contribution in [3.63, 3.8) is 0 Å². The number of carboxylic acid groups (broad SMARTS) is 1. The molecule has 0 amide bonds. The van der Waals surface area contributed by atoms with Crippen LogP contribution in [0.1, 0.15) is 36.4 Å². The normalized spacial score (nSPS) is 18.7. The quantitative estimate of drug-likeness (QED) is 0.358. The van der Waals surface area contributed by atoms with E-state index < -0.39 is 29.3 Å². The van der Waals surface area contributed by atoms with Crippen LogP contribution in [0.5, 0.6) is 5.75 Å². The highest BCUT2D eigenvalue weighted by atomic mass is 19.2. The molecule has 1 aliphatic rings. The fourth-order valence-corrected chi connectivity index (χ4v) is 4.88. The first-order chi connectivity index (χ1) is 17.8. The molecule has 194 valence electrons. The molecule has 1 aromatic heterocycles. The van der Waals surface area contributed by atoms with Gasteiger partial charge in [0.25, 0.3) is 0 Å². The highest BCUT2D eigenvalue weighted by Gasteiger charge is 2.34. The van der Waals surface area contributed by atoms with Gasteiger partial charge < -0.3 is 15.6 Å². The van der Waals surface area contributed by atoms with Gasteiger partial charge in [0, 0.05) is 30.2 Å². The minimum atomic E-state index is -1.30. The van der Waals surface area contributed by atoms with Crippen LogP contribution in [0.4, 0.5) is 13.2 Å². The van der Waals surface area contributed by atoms with Crippen LogP contribution in [0, 0.1) is 41.1 Å². The number of carboxylic acids is 1. The van der Waals surface area contributed by atoms with E-state index in [2.05, 4.69) is 16.8 Å². The molecule has 0 aliphatic carbocycles. The summed E-state index contributed by atoms with van der Waals surface area (Å²) in [6.45, 7) is 1.05. The van der Waals surface area contributed by atoms with Gasteiger partial charge in [0.15, 0.2) is 11.6 Å². The second kappa shape index (κ2) is 11.6. The lowest BCUT2D eigenvalue weighted by Gasteiger charge is -2.36. The SMILES string of the molecule is COc1ccc2nccc([C@@H](N)CC[C@@H]3CCN(CC#Cc4cc(F)cc(F)c4F)C[C@@H]3C(=O)O)c2c1. The Hall–Kier alpha value is -3.61. The zero-order valence-electron chi connectivity index (χ0n) is 20.4. The first-order valence-electron chi connectivity index (χ1n) is 12.0. The van der Waals surface area contributed by atoms with Crippen LogP contribution < -0.4 is 10.5 Å². The monoisotopic (exact) mass is 511 g/mol. The standard InChI is InChI=1S/C28H28F3N3O3/c1-37-20-5-7-26-22(15-20)21(8-10-33-26)25(32)6-4-17-9-12-34(16-23(17)28(35)36)11-2-3-18-13-19(29)14-24(30)27(18)31/h5,7-8,10,13-15,17,23,25H,4,6,9,11-12,16,32H2,1H3,(H,35,36)/t17-,23+,25+/m1/s1. The highest BCUT2D eigenvalue weighted by molar-refractivity contribution is 5.84. The number of hydrogen-bond donors (Lipinski definition) is 2. The van der Waals surface area contributed by atoms with E-state index in [-0.39, 0.29) is 30.6 Å². The van der Waals surface area contributed by atoms with Crippen molar-refractivity contribution in [1.29, 1.82) is 0 Å². The molecule has 2 heterocycles. The molecule has 0 saturated carbocycles. The summed E-state index contributed by atoms with van der Waals surface area (Å²) in [5.74, 6) is 0.895. The first-order valence-corrected chi connectivity index (χ1v) is 12.0. The van der Waals surface area contributed by atoms with Gasteiger partial charge in [-0.2, -0.15) is 0 Å². The van der Waals surface area contributed by atoms with Crippen molar-refractivity contribution in [1.82, 2.24) is 9.88 Å². The Labute approximate surface area is 213 Å². The molecule has 0 unspecified atom stereocenters. The molecule has 3 aromatic rings. The van der Waals surface area contributed by atoms with Crippen LogP contribution in [0.25, 0.3) is 10.9 Å². The van der Waals surface area contributed by atoms with Gasteiger partial charge >= 0.3 is 5.97 Å². The number of benzene rings is 2. The lowest BCUT2D eigenvalue weighted by molar-refractivity contribution is -0.146. The third-order valence-electron chi connectivity index (χ3n) is 6.91. The lowest BCUT2D eigenvalue weighted by Crippen LogP contribution is -2.44. The second-order valence-electron chi connectivity index (χ2n) is 9.25. The number of nitrogens with zero attached hydrogens (tertiary/aromatic N) is 2. The molecule has 0 bridgehead atoms. The molecule has 4 rings (SSSR count). The number of aromatic nitrogens is 1. The Morgan fingerprint density at radius 2 is 2.08 bits per heavy atom. The van der Waals surface area contributed by atoms with Gasteiger partial charge in [0.1, 0.15) is 11.6 Å². The maximum absolute atomic E-state index is 13.8. The molecule has 2 aromatic carbocycles. The van der Waals surface area contributed by atoms with Crippen molar-refractivity contribution in [2.24, 2.45) is 17.6 Å². The summed E-state index contributed by atoms with van der Waals surface area (Å²) in [7, 11) is 1.60. The van der Waals surface area contributed by atoms with E-state index in [1.807, 2.05) is 29.2 Å². The van der Waals surface area contributed by atoms with Crippen molar-refractivity contribution in [3.05, 3.63) is 71.2 Å². The topological polar surface area (TPSA) is 88.7 Å². The maximum atomic E-state index is 13.8. The summed E-state index contributed by atoms with van der Waals surface area (Å²) in [6, 6.07) is 8.51. The molecule has 9 heteroatoms. The van der Waals surface area contributed by atoms with Gasteiger partial charge in [-0.15, -0.1) is 0 Å². The Kier molecular flexibility index (Phi) is 8.31. The average molecular weight is 512 g/mol. The third kappa shape index (κ3) is 6.21. The molecule has 37 heavy (non-hydrogen) atoms. The molecule has 1 fully saturated rings. The maximum Gasteiger partial charge on any atom is 0.308 e. The van der Waals surface area contributed by atoms with Crippen LogP contribution in [0.15, 0.2) is 42.6 Å². The Morgan fingerprint density at radius 1 is 1.27 bits per heavy atom. The zero-order chi connectivity index (χ0) is 26.5. The number of methoxy groups -OCH3 is 1. The molecule has 0 radical (unpaired) electrons. The number of piperidine rings is 1. The Morgan fingerprint density at radius 3 is 2.84 bits per heavy atom. The zero-order valence-corrected chi connectivity index (χ0v) is 20.4. The van der Waals surface area contributed by atoms with Gasteiger partial charge in [-0.05, 0) is 67.6 Å². The van der Waals surface area contributed by atoms with Gasteiger partial charge in [0.2, 0.25) is 0 Å². The number of hydrogen-bond acceptors (Lipinski definition) is 5. The molecule has 3 atom stereocenters. The fraction of sp³-hybridized carbons (Fsp3) is 0.357. The summed E-state index contributed by atoms with van der Waals surface area (Å²) in [4.78, 5) is 18.3. The van der Waals surface area contributed by atoms with Crippen molar-refractivity contribution in [3.8, 4) is 17.6 Å². The van der Waals surface area contributed by atoms with Gasteiger partial charge in [-0.3, -0.25) is 14.7 Å². The number of fused-ring (bicyclic) bond motifs is 1. The molecule has 1 saturated heterocycles. The van der Waals surface area contributed by atoms with Crippen LogP contribution in [-0.4, -0.2) is 47.7 Å². The van der Waals surface area contributed by atoms with Crippen molar-refractivity contribution >= 4 is 16.9 Å². The van der Waals surface area contributed by atoms with E-state index in [0.717, 1.165) is 22.5 Å². The van der Waals surface area contributed by atoms with E-state index >= 15 is 0 Å². The van der Waals surface area contributed by atoms with E-state index in [0.29, 0.717) is 37.6 Å². The minimum absolute atomic E-state index is 0.0647. The Balaban J connectivity index is 1.39. The number of rotatable bonds is 7. The average Bonchev–Trinajstić information content (AvgIpc) is 2.89. The summed E-state index contributed by atoms with van der Waals surface area (Å²) in [5, 5.41) is 10.8. The molecule has 3 N–H and O–H groups in total. The number of nitrogens with two attached hydrogens (primary N) is 1. The second-order valence-corrected chi connectivity index (χ2v) is 9.25. The number of ether oxygens (including phenoxy) is 1. The van der Waals surface area contributed by atoms with Crippen molar-refractivity contribution < 1.29 is 27.8 Å². The van der Waals surface area contributed by atoms with Crippen LogP contribution in [0.2, 0.25) is 0 Å². The molecular weight excluding hydrogens is 483 g/mol. The van der Waals surface area contributed by atoms with Crippen molar-refractivity contribution in [2.45, 2.75) is 25.3 Å². The van der Waals surface area contributed by atoms with Crippen LogP contribution in [-0.2, 0) is 4.79 Å². The minimum Gasteiger partial charge on any atom is -0.497 e. The summed E-state index contributed by atoms with van der Waals surface area (Å²) < 4.78 is 45.9. The van der Waals surface area contributed by atoms with Gasteiger partial charge in [-0.25, -0.2) is 13.2 Å². The van der Waals surface area contributed by atoms with Crippen LogP contribution in [0.3, 0.4) is 0 Å². The molecule has 1 aliphatic heterocycles. The largest absolute Gasteiger partial charge is 0.497 e. The molecule has 0 spiro atoms. The van der Waals surface area contributed by atoms with Crippen molar-refractivity contribution in [2.75, 3.05) is 26.7 Å².